The molecule has 2 aromatic carbocycles. The van der Waals surface area contributed by atoms with E-state index in [1.165, 1.54) is 38.5 Å². The minimum Gasteiger partial charge on any atom is -0.493 e. The van der Waals surface area contributed by atoms with Gasteiger partial charge in [0.2, 0.25) is 0 Å². The number of hydrogen-bond acceptors (Lipinski definition) is 7. The van der Waals surface area contributed by atoms with E-state index in [4.69, 9.17) is 9.47 Å². The van der Waals surface area contributed by atoms with Crippen molar-refractivity contribution in [3.05, 3.63) is 36.4 Å². The second-order valence-corrected chi connectivity index (χ2v) is 8.47. The average Bonchev–Trinajstić information content (AvgIpc) is 2.60. The van der Waals surface area contributed by atoms with Crippen LogP contribution < -0.4 is 19.5 Å². The summed E-state index contributed by atoms with van der Waals surface area (Å²) < 4.78 is 65.2. The first-order valence-electron chi connectivity index (χ1n) is 7.21. The number of benzene rings is 2. The largest absolute Gasteiger partial charge is 0.493 e. The van der Waals surface area contributed by atoms with Crippen molar-refractivity contribution < 1.29 is 26.3 Å². The minimum atomic E-state index is -4.03. The fourth-order valence-electron chi connectivity index (χ4n) is 2.34. The summed E-state index contributed by atoms with van der Waals surface area (Å²) >= 11 is 0. The van der Waals surface area contributed by atoms with Crippen LogP contribution >= 0.6 is 0 Å². The standard InChI is InChI=1S/C15H15N3O6S2/c1-23-13-6-3-10(7-14(13)24-2)18-25(19,20)11-4-5-12-15(8-11)26(21,22)17-9-16-12/h3-9,18H,1-2H3,(H,16,17). The lowest BCUT2D eigenvalue weighted by molar-refractivity contribution is 0.355. The fourth-order valence-corrected chi connectivity index (χ4v) is 4.47. The van der Waals surface area contributed by atoms with Gasteiger partial charge in [-0.2, -0.15) is 8.42 Å². The highest BCUT2D eigenvalue weighted by molar-refractivity contribution is 7.93. The van der Waals surface area contributed by atoms with Crippen LogP contribution in [0.1, 0.15) is 0 Å². The predicted octanol–water partition coefficient (Wildman–Crippen LogP) is 1.65. The molecule has 3 rings (SSSR count). The molecule has 11 heteroatoms. The Bertz CT molecular complexity index is 1090. The molecule has 0 aliphatic carbocycles. The Kier molecular flexibility index (Phi) is 4.50. The van der Waals surface area contributed by atoms with Crippen LogP contribution in [-0.4, -0.2) is 37.4 Å². The molecule has 0 bridgehead atoms. The van der Waals surface area contributed by atoms with Crippen molar-refractivity contribution >= 4 is 37.8 Å². The molecule has 26 heavy (non-hydrogen) atoms. The number of nitrogens with zero attached hydrogens (tertiary/aromatic N) is 1. The summed E-state index contributed by atoms with van der Waals surface area (Å²) in [6.45, 7) is 0. The third-order valence-electron chi connectivity index (χ3n) is 3.59. The summed E-state index contributed by atoms with van der Waals surface area (Å²) in [6.07, 6.45) is 1.04. The molecule has 138 valence electrons. The van der Waals surface area contributed by atoms with Gasteiger partial charge in [-0.25, -0.2) is 8.42 Å². The zero-order chi connectivity index (χ0) is 18.9. The maximum Gasteiger partial charge on any atom is 0.285 e. The smallest absolute Gasteiger partial charge is 0.285 e. The van der Waals surface area contributed by atoms with Crippen LogP contribution in [0.15, 0.2) is 50.6 Å². The molecule has 2 N–H and O–H groups in total. The van der Waals surface area contributed by atoms with Gasteiger partial charge >= 0.3 is 0 Å². The highest BCUT2D eigenvalue weighted by Crippen LogP contribution is 2.32. The van der Waals surface area contributed by atoms with Crippen molar-refractivity contribution in [2.24, 2.45) is 4.40 Å². The van der Waals surface area contributed by atoms with Crippen molar-refractivity contribution in [2.75, 3.05) is 24.3 Å². The van der Waals surface area contributed by atoms with Crippen LogP contribution in [0.2, 0.25) is 0 Å². The molecule has 0 atom stereocenters. The Morgan fingerprint density at radius 3 is 2.46 bits per heavy atom. The van der Waals surface area contributed by atoms with E-state index < -0.39 is 20.0 Å². The first-order valence-corrected chi connectivity index (χ1v) is 10.1. The highest BCUT2D eigenvalue weighted by atomic mass is 32.2. The molecule has 0 saturated carbocycles. The number of nitrogens with one attached hydrogen (secondary N) is 2. The van der Waals surface area contributed by atoms with Crippen molar-refractivity contribution in [3.8, 4) is 11.5 Å². The Morgan fingerprint density at radius 1 is 1.04 bits per heavy atom. The highest BCUT2D eigenvalue weighted by Gasteiger charge is 2.25. The van der Waals surface area contributed by atoms with Gasteiger partial charge in [0.05, 0.1) is 30.5 Å². The molecule has 2 aromatic rings. The van der Waals surface area contributed by atoms with E-state index in [9.17, 15) is 16.8 Å². The maximum absolute atomic E-state index is 12.6. The summed E-state index contributed by atoms with van der Waals surface area (Å²) in [5, 5.41) is 2.66. The third-order valence-corrected chi connectivity index (χ3v) is 6.24. The van der Waals surface area contributed by atoms with E-state index in [-0.39, 0.29) is 21.2 Å². The van der Waals surface area contributed by atoms with Crippen LogP contribution in [0.4, 0.5) is 11.4 Å². The quantitative estimate of drug-likeness (QED) is 0.786. The Hall–Kier alpha value is -2.79. The van der Waals surface area contributed by atoms with Gasteiger partial charge in [0.1, 0.15) is 11.2 Å². The lowest BCUT2D eigenvalue weighted by Gasteiger charge is -2.15. The molecule has 0 unspecified atom stereocenters. The van der Waals surface area contributed by atoms with E-state index >= 15 is 0 Å². The summed E-state index contributed by atoms with van der Waals surface area (Å²) in [7, 11) is -5.08. The molecule has 0 spiro atoms. The zero-order valence-corrected chi connectivity index (χ0v) is 15.4. The topological polar surface area (TPSA) is 123 Å². The van der Waals surface area contributed by atoms with Crippen LogP contribution in [0.25, 0.3) is 0 Å². The molecule has 9 nitrogen and oxygen atoms in total. The van der Waals surface area contributed by atoms with Crippen molar-refractivity contribution in [2.45, 2.75) is 9.79 Å². The van der Waals surface area contributed by atoms with E-state index in [1.807, 2.05) is 0 Å². The number of fused-ring (bicyclic) bond motifs is 1. The molecule has 1 aliphatic heterocycles. The second kappa shape index (κ2) is 6.50. The van der Waals surface area contributed by atoms with Gasteiger partial charge < -0.3 is 14.8 Å². The molecule has 0 amide bonds. The van der Waals surface area contributed by atoms with Crippen molar-refractivity contribution in [1.82, 2.24) is 0 Å². The zero-order valence-electron chi connectivity index (χ0n) is 13.8. The number of hydrogen-bond donors (Lipinski definition) is 2. The van der Waals surface area contributed by atoms with Gasteiger partial charge in [0.15, 0.2) is 11.5 Å². The molecule has 0 aromatic heterocycles. The molecule has 0 fully saturated rings. The number of rotatable bonds is 5. The molecule has 0 saturated heterocycles. The maximum atomic E-state index is 12.6. The van der Waals surface area contributed by atoms with Gasteiger partial charge in [-0.05, 0) is 30.3 Å². The van der Waals surface area contributed by atoms with Gasteiger partial charge in [-0.3, -0.25) is 4.72 Å². The summed E-state index contributed by atoms with van der Waals surface area (Å²) in [4.78, 5) is -0.427. The van der Waals surface area contributed by atoms with Crippen LogP contribution in [0.5, 0.6) is 11.5 Å². The summed E-state index contributed by atoms with van der Waals surface area (Å²) in [6, 6.07) is 8.21. The number of ether oxygens (including phenoxy) is 2. The van der Waals surface area contributed by atoms with E-state index in [0.29, 0.717) is 11.5 Å². The van der Waals surface area contributed by atoms with Crippen LogP contribution in [-0.2, 0) is 20.0 Å². The van der Waals surface area contributed by atoms with Crippen molar-refractivity contribution in [1.29, 1.82) is 0 Å². The van der Waals surface area contributed by atoms with E-state index in [0.717, 1.165) is 12.4 Å². The second-order valence-electron chi connectivity index (χ2n) is 5.19. The van der Waals surface area contributed by atoms with Gasteiger partial charge in [-0.15, -0.1) is 4.40 Å². The molecule has 1 heterocycles. The Balaban J connectivity index is 1.98. The summed E-state index contributed by atoms with van der Waals surface area (Å²) in [5.41, 5.74) is 0.490. The molecular weight excluding hydrogens is 382 g/mol. The molecular formula is C15H15N3O6S2. The lowest BCUT2D eigenvalue weighted by atomic mass is 10.3. The third kappa shape index (κ3) is 3.30. The molecule has 1 aliphatic rings. The van der Waals surface area contributed by atoms with E-state index in [1.54, 1.807) is 6.07 Å². The van der Waals surface area contributed by atoms with Gasteiger partial charge in [-0.1, -0.05) is 0 Å². The molecule has 0 radical (unpaired) electrons. The normalized spacial score (nSPS) is 14.8. The minimum absolute atomic E-state index is 0.213. The van der Waals surface area contributed by atoms with Crippen LogP contribution in [0, 0.1) is 0 Å². The van der Waals surface area contributed by atoms with Crippen molar-refractivity contribution in [3.63, 3.8) is 0 Å². The number of anilines is 2. The first-order chi connectivity index (χ1) is 12.3. The average molecular weight is 397 g/mol. The predicted molar refractivity (Wildman–Crippen MR) is 96.1 cm³/mol. The first kappa shape index (κ1) is 18.0. The van der Waals surface area contributed by atoms with Crippen LogP contribution in [0.3, 0.4) is 0 Å². The van der Waals surface area contributed by atoms with Gasteiger partial charge in [0, 0.05) is 6.07 Å². The Labute approximate surface area is 150 Å². The SMILES string of the molecule is COc1ccc(NS(=O)(=O)c2ccc3c(c2)S(=O)(=O)N=CN3)cc1OC. The fraction of sp³-hybridized carbons (Fsp3) is 0.133. The van der Waals surface area contributed by atoms with E-state index in [2.05, 4.69) is 14.4 Å². The number of sulfonamides is 2. The monoisotopic (exact) mass is 397 g/mol. The number of methoxy groups -OCH3 is 2. The lowest BCUT2D eigenvalue weighted by Crippen LogP contribution is -2.16. The summed E-state index contributed by atoms with van der Waals surface area (Å²) in [5.74, 6) is 0.790. The van der Waals surface area contributed by atoms with Gasteiger partial charge in [0.25, 0.3) is 20.0 Å². The Morgan fingerprint density at radius 2 is 1.77 bits per heavy atom.